The average Bonchev–Trinajstić information content (AvgIpc) is 2.46. The van der Waals surface area contributed by atoms with Gasteiger partial charge in [0, 0.05) is 0 Å². The van der Waals surface area contributed by atoms with E-state index in [2.05, 4.69) is 5.32 Å². The van der Waals surface area contributed by atoms with Crippen molar-refractivity contribution in [1.82, 2.24) is 0 Å². The number of amides is 1. The largest absolute Gasteiger partial charge is 0.453 e. The summed E-state index contributed by atoms with van der Waals surface area (Å²) < 4.78 is 11.0. The fourth-order valence-electron chi connectivity index (χ4n) is 1.89. The number of hydrogen-bond donors (Lipinski definition) is 1. The van der Waals surface area contributed by atoms with Crippen LogP contribution in [-0.2, 0) is 16.1 Å². The fourth-order valence-corrected chi connectivity index (χ4v) is 1.89. The van der Waals surface area contributed by atoms with E-state index in [1.807, 2.05) is 42.5 Å². The minimum Gasteiger partial charge on any atom is -0.453 e. The molecule has 0 aromatic heterocycles. The van der Waals surface area contributed by atoms with Crippen molar-refractivity contribution in [2.75, 3.05) is 5.32 Å². The monoisotopic (exact) mass is 291 g/mol. The lowest BCUT2D eigenvalue weighted by atomic mass is 10.2. The molecule has 3 rings (SSSR count). The maximum absolute atomic E-state index is 11.8. The normalized spacial score (nSPS) is 16.4. The second-order valence-electron chi connectivity index (χ2n) is 4.23. The first-order valence-electron chi connectivity index (χ1n) is 6.05. The number of rotatable bonds is 3. The third-order valence-corrected chi connectivity index (χ3v) is 2.84. The lowest BCUT2D eigenvalue weighted by Crippen LogP contribution is -2.38. The van der Waals surface area contributed by atoms with Gasteiger partial charge in [-0.1, -0.05) is 42.5 Å². The van der Waals surface area contributed by atoms with Gasteiger partial charge in [0.2, 0.25) is 0 Å². The number of carbonyl (C=O) groups excluding carboxylic acids is 1. The van der Waals surface area contributed by atoms with Crippen molar-refractivity contribution in [2.45, 2.75) is 12.9 Å². The first kappa shape index (κ1) is 14.4. The maximum Gasteiger partial charge on any atom is 0.294 e. The number of fused-ring (bicyclic) bond motifs is 1. The molecule has 1 atom stereocenters. The van der Waals surface area contributed by atoms with Crippen molar-refractivity contribution < 1.29 is 14.3 Å². The molecule has 0 saturated heterocycles. The zero-order valence-electron chi connectivity index (χ0n) is 10.6. The van der Waals surface area contributed by atoms with Crippen LogP contribution in [0.4, 0.5) is 5.69 Å². The van der Waals surface area contributed by atoms with Gasteiger partial charge in [0.25, 0.3) is 12.2 Å². The Morgan fingerprint density at radius 2 is 1.75 bits per heavy atom. The van der Waals surface area contributed by atoms with Crippen molar-refractivity contribution in [3.8, 4) is 5.75 Å². The van der Waals surface area contributed by atoms with Crippen LogP contribution in [0.5, 0.6) is 5.75 Å². The zero-order chi connectivity index (χ0) is 13.1. The molecule has 1 amide bonds. The number of anilines is 1. The topological polar surface area (TPSA) is 47.6 Å². The Balaban J connectivity index is 0.00000147. The summed E-state index contributed by atoms with van der Waals surface area (Å²) in [6.07, 6.45) is -0.907. The smallest absolute Gasteiger partial charge is 0.294 e. The molecule has 0 spiro atoms. The number of halogens is 1. The quantitative estimate of drug-likeness (QED) is 0.946. The number of carbonyl (C=O) groups is 1. The van der Waals surface area contributed by atoms with Gasteiger partial charge in [-0.2, -0.15) is 0 Å². The third-order valence-electron chi connectivity index (χ3n) is 2.84. The van der Waals surface area contributed by atoms with E-state index < -0.39 is 6.29 Å². The van der Waals surface area contributed by atoms with Crippen molar-refractivity contribution in [3.05, 3.63) is 60.2 Å². The summed E-state index contributed by atoms with van der Waals surface area (Å²) in [6.45, 7) is 0.334. The molecule has 4 nitrogen and oxygen atoms in total. The molecule has 1 aliphatic rings. The summed E-state index contributed by atoms with van der Waals surface area (Å²) >= 11 is 0. The number of para-hydroxylation sites is 2. The summed E-state index contributed by atoms with van der Waals surface area (Å²) in [4.78, 5) is 11.8. The summed E-state index contributed by atoms with van der Waals surface area (Å²) in [5.74, 6) is 0.342. The van der Waals surface area contributed by atoms with E-state index in [0.29, 0.717) is 18.0 Å². The summed E-state index contributed by atoms with van der Waals surface area (Å²) in [5, 5.41) is 2.76. The molecule has 104 valence electrons. The van der Waals surface area contributed by atoms with Crippen LogP contribution in [0.1, 0.15) is 5.56 Å². The van der Waals surface area contributed by atoms with E-state index in [0.717, 1.165) is 5.56 Å². The first-order valence-corrected chi connectivity index (χ1v) is 6.05. The number of ether oxygens (including phenoxy) is 2. The average molecular weight is 292 g/mol. The number of benzene rings is 2. The summed E-state index contributed by atoms with van der Waals surface area (Å²) in [7, 11) is 0. The van der Waals surface area contributed by atoms with Gasteiger partial charge in [-0.15, -0.1) is 12.4 Å². The molecule has 0 saturated carbocycles. The highest BCUT2D eigenvalue weighted by molar-refractivity contribution is 5.96. The molecule has 0 fully saturated rings. The van der Waals surface area contributed by atoms with E-state index in [4.69, 9.17) is 9.47 Å². The molecular formula is C15H14ClNO3. The zero-order valence-corrected chi connectivity index (χ0v) is 11.4. The van der Waals surface area contributed by atoms with Gasteiger partial charge in [0.1, 0.15) is 5.75 Å². The van der Waals surface area contributed by atoms with Crippen LogP contribution >= 0.6 is 12.4 Å². The van der Waals surface area contributed by atoms with Crippen LogP contribution in [0.25, 0.3) is 0 Å². The van der Waals surface area contributed by atoms with E-state index in [1.54, 1.807) is 12.1 Å². The molecule has 20 heavy (non-hydrogen) atoms. The second-order valence-corrected chi connectivity index (χ2v) is 4.23. The lowest BCUT2D eigenvalue weighted by molar-refractivity contribution is -0.150. The standard InChI is InChI=1S/C15H13NO3.ClH/c17-14-15(18-10-11-6-2-1-3-7-11)19-13-9-5-4-8-12(13)16-14;/h1-9,15H,10H2,(H,16,17);1H. The number of hydrogen-bond acceptors (Lipinski definition) is 3. The molecule has 1 heterocycles. The van der Waals surface area contributed by atoms with Crippen molar-refractivity contribution >= 4 is 24.0 Å². The highest BCUT2D eigenvalue weighted by Gasteiger charge is 2.27. The van der Waals surface area contributed by atoms with Crippen LogP contribution in [-0.4, -0.2) is 12.2 Å². The molecule has 1 unspecified atom stereocenters. The van der Waals surface area contributed by atoms with Gasteiger partial charge >= 0.3 is 0 Å². The predicted octanol–water partition coefficient (Wildman–Crippen LogP) is 2.98. The minimum absolute atomic E-state index is 0. The van der Waals surface area contributed by atoms with Gasteiger partial charge in [-0.3, -0.25) is 4.79 Å². The Kier molecular flexibility index (Phi) is 4.61. The van der Waals surface area contributed by atoms with Crippen molar-refractivity contribution in [1.29, 1.82) is 0 Å². The predicted molar refractivity (Wildman–Crippen MR) is 78.0 cm³/mol. The van der Waals surface area contributed by atoms with Crippen LogP contribution in [0.15, 0.2) is 54.6 Å². The van der Waals surface area contributed by atoms with Gasteiger partial charge < -0.3 is 14.8 Å². The minimum atomic E-state index is -0.907. The lowest BCUT2D eigenvalue weighted by Gasteiger charge is -2.25. The molecule has 2 aromatic carbocycles. The molecule has 0 bridgehead atoms. The maximum atomic E-state index is 11.8. The number of nitrogens with one attached hydrogen (secondary N) is 1. The SMILES string of the molecule is Cl.O=C1Nc2ccccc2OC1OCc1ccccc1. The molecule has 0 radical (unpaired) electrons. The van der Waals surface area contributed by atoms with Crippen LogP contribution in [0.3, 0.4) is 0 Å². The Morgan fingerprint density at radius 1 is 1.05 bits per heavy atom. The van der Waals surface area contributed by atoms with Crippen molar-refractivity contribution in [2.24, 2.45) is 0 Å². The summed E-state index contributed by atoms with van der Waals surface area (Å²) in [6, 6.07) is 16.9. The molecule has 1 aliphatic heterocycles. The second kappa shape index (κ2) is 6.41. The molecule has 5 heteroatoms. The van der Waals surface area contributed by atoms with Crippen LogP contribution in [0.2, 0.25) is 0 Å². The molecule has 1 N–H and O–H groups in total. The Labute approximate surface area is 123 Å². The highest BCUT2D eigenvalue weighted by Crippen LogP contribution is 2.29. The fraction of sp³-hybridized carbons (Fsp3) is 0.133. The Bertz CT molecular complexity index is 589. The van der Waals surface area contributed by atoms with E-state index in [9.17, 15) is 4.79 Å². The summed E-state index contributed by atoms with van der Waals surface area (Å²) in [5.41, 5.74) is 1.67. The third kappa shape index (κ3) is 3.10. The van der Waals surface area contributed by atoms with Gasteiger partial charge in [0.15, 0.2) is 0 Å². The van der Waals surface area contributed by atoms with Gasteiger partial charge in [-0.25, -0.2) is 0 Å². The first-order chi connectivity index (χ1) is 9.33. The Hall–Kier alpha value is -2.04. The van der Waals surface area contributed by atoms with Gasteiger partial charge in [-0.05, 0) is 17.7 Å². The molecule has 2 aromatic rings. The molecule has 0 aliphatic carbocycles. The van der Waals surface area contributed by atoms with Crippen LogP contribution < -0.4 is 10.1 Å². The van der Waals surface area contributed by atoms with Gasteiger partial charge in [0.05, 0.1) is 12.3 Å². The van der Waals surface area contributed by atoms with E-state index in [-0.39, 0.29) is 18.3 Å². The highest BCUT2D eigenvalue weighted by atomic mass is 35.5. The van der Waals surface area contributed by atoms with E-state index >= 15 is 0 Å². The van der Waals surface area contributed by atoms with E-state index in [1.165, 1.54) is 0 Å². The Morgan fingerprint density at radius 3 is 2.55 bits per heavy atom. The molecular weight excluding hydrogens is 278 g/mol. The van der Waals surface area contributed by atoms with Crippen molar-refractivity contribution in [3.63, 3.8) is 0 Å². The van der Waals surface area contributed by atoms with Crippen LogP contribution in [0, 0.1) is 0 Å².